The fraction of sp³-hybridized carbons (Fsp3) is 0.250. The molecule has 1 aliphatic heterocycles. The number of aromatic nitrogens is 4. The standard InChI is InChI=1S/C16H15ClN6O2/c1-18-16(25)14-11-7(6-10(24)19-15(11)21-20-14)13-12-8(17)4-3-5-9(12)23(2)22-13/h3-5,7H,6H2,1-2H3,(H,18,25)(H2,19,20,21,24). The van der Waals surface area contributed by atoms with E-state index in [0.717, 1.165) is 10.9 Å². The number of carbonyl (C=O) groups excluding carboxylic acids is 2. The summed E-state index contributed by atoms with van der Waals surface area (Å²) < 4.78 is 1.72. The molecule has 8 nitrogen and oxygen atoms in total. The lowest BCUT2D eigenvalue weighted by Crippen LogP contribution is -2.27. The van der Waals surface area contributed by atoms with Crippen LogP contribution in [0, 0.1) is 0 Å². The second kappa shape index (κ2) is 5.59. The minimum atomic E-state index is -0.418. The van der Waals surface area contributed by atoms with Crippen LogP contribution >= 0.6 is 11.6 Å². The molecule has 3 aromatic rings. The molecule has 2 amide bonds. The summed E-state index contributed by atoms with van der Waals surface area (Å²) in [4.78, 5) is 24.3. The van der Waals surface area contributed by atoms with Crippen LogP contribution in [0.3, 0.4) is 0 Å². The van der Waals surface area contributed by atoms with Gasteiger partial charge in [0.05, 0.1) is 16.2 Å². The van der Waals surface area contributed by atoms with Crippen molar-refractivity contribution in [3.05, 3.63) is 40.2 Å². The number of nitrogens with one attached hydrogen (secondary N) is 3. The second-order valence-corrected chi connectivity index (χ2v) is 6.29. The number of benzene rings is 1. The molecule has 2 aromatic heterocycles. The Morgan fingerprint density at radius 2 is 2.24 bits per heavy atom. The number of nitrogens with zero attached hydrogens (tertiary/aromatic N) is 3. The highest BCUT2D eigenvalue weighted by Gasteiger charge is 2.36. The average Bonchev–Trinajstić information content (AvgIpc) is 3.16. The monoisotopic (exact) mass is 358 g/mol. The van der Waals surface area contributed by atoms with E-state index in [1.54, 1.807) is 17.8 Å². The van der Waals surface area contributed by atoms with Gasteiger partial charge < -0.3 is 10.6 Å². The van der Waals surface area contributed by atoms with E-state index in [1.807, 2.05) is 19.2 Å². The van der Waals surface area contributed by atoms with Gasteiger partial charge in [0.1, 0.15) is 5.69 Å². The van der Waals surface area contributed by atoms with Crippen LogP contribution < -0.4 is 10.6 Å². The molecule has 25 heavy (non-hydrogen) atoms. The van der Waals surface area contributed by atoms with Gasteiger partial charge in [0.25, 0.3) is 5.91 Å². The number of fused-ring (bicyclic) bond motifs is 2. The molecule has 0 aliphatic carbocycles. The Kier molecular flexibility index (Phi) is 3.50. The Balaban J connectivity index is 1.98. The van der Waals surface area contributed by atoms with Crippen molar-refractivity contribution in [3.8, 4) is 0 Å². The minimum absolute atomic E-state index is 0.161. The van der Waals surface area contributed by atoms with Gasteiger partial charge in [0.2, 0.25) is 5.91 Å². The zero-order chi connectivity index (χ0) is 17.7. The third-order valence-electron chi connectivity index (χ3n) is 4.44. The van der Waals surface area contributed by atoms with E-state index < -0.39 is 5.92 Å². The smallest absolute Gasteiger partial charge is 0.269 e. The zero-order valence-corrected chi connectivity index (χ0v) is 14.3. The van der Waals surface area contributed by atoms with Gasteiger partial charge in [-0.25, -0.2) is 0 Å². The van der Waals surface area contributed by atoms with Gasteiger partial charge in [-0.2, -0.15) is 10.2 Å². The molecular formula is C16H15ClN6O2. The lowest BCUT2D eigenvalue weighted by molar-refractivity contribution is -0.116. The molecule has 128 valence electrons. The molecule has 0 saturated heterocycles. The van der Waals surface area contributed by atoms with Crippen molar-refractivity contribution in [3.63, 3.8) is 0 Å². The molecule has 1 aromatic carbocycles. The summed E-state index contributed by atoms with van der Waals surface area (Å²) in [7, 11) is 3.36. The summed E-state index contributed by atoms with van der Waals surface area (Å²) >= 11 is 6.41. The van der Waals surface area contributed by atoms with Gasteiger partial charge in [-0.05, 0) is 12.1 Å². The number of hydrogen-bond donors (Lipinski definition) is 3. The van der Waals surface area contributed by atoms with Crippen molar-refractivity contribution in [1.29, 1.82) is 0 Å². The van der Waals surface area contributed by atoms with Gasteiger partial charge in [-0.3, -0.25) is 19.4 Å². The Labute approximate surface area is 147 Å². The first-order valence-electron chi connectivity index (χ1n) is 7.72. The van der Waals surface area contributed by atoms with Crippen molar-refractivity contribution in [1.82, 2.24) is 25.3 Å². The molecule has 0 spiro atoms. The molecule has 1 unspecified atom stereocenters. The third kappa shape index (κ3) is 2.29. The lowest BCUT2D eigenvalue weighted by atomic mass is 9.87. The summed E-state index contributed by atoms with van der Waals surface area (Å²) in [6.07, 6.45) is 0.161. The van der Waals surface area contributed by atoms with E-state index >= 15 is 0 Å². The van der Waals surface area contributed by atoms with Crippen molar-refractivity contribution >= 4 is 40.1 Å². The lowest BCUT2D eigenvalue weighted by Gasteiger charge is -2.21. The van der Waals surface area contributed by atoms with Crippen LogP contribution in [0.5, 0.6) is 0 Å². The highest BCUT2D eigenvalue weighted by molar-refractivity contribution is 6.35. The van der Waals surface area contributed by atoms with Gasteiger partial charge in [-0.1, -0.05) is 17.7 Å². The van der Waals surface area contributed by atoms with Crippen LogP contribution in [0.2, 0.25) is 5.02 Å². The summed E-state index contributed by atoms with van der Waals surface area (Å²) in [6, 6.07) is 5.55. The van der Waals surface area contributed by atoms with Crippen LogP contribution in [0.15, 0.2) is 18.2 Å². The van der Waals surface area contributed by atoms with Gasteiger partial charge in [0.15, 0.2) is 5.82 Å². The molecule has 4 rings (SSSR count). The SMILES string of the molecule is CNC(=O)c1[nH]nc2c1C(c1nn(C)c3cccc(Cl)c13)CC(=O)N2. The van der Waals surface area contributed by atoms with E-state index in [-0.39, 0.29) is 18.2 Å². The normalized spacial score (nSPS) is 16.6. The van der Waals surface area contributed by atoms with E-state index in [4.69, 9.17) is 11.6 Å². The summed E-state index contributed by atoms with van der Waals surface area (Å²) in [5.41, 5.74) is 2.46. The van der Waals surface area contributed by atoms with E-state index in [1.165, 1.54) is 0 Å². The number of carbonyl (C=O) groups is 2. The van der Waals surface area contributed by atoms with Gasteiger partial charge in [-0.15, -0.1) is 0 Å². The predicted molar refractivity (Wildman–Crippen MR) is 92.8 cm³/mol. The number of aryl methyl sites for hydroxylation is 1. The first-order chi connectivity index (χ1) is 12.0. The zero-order valence-electron chi connectivity index (χ0n) is 13.6. The second-order valence-electron chi connectivity index (χ2n) is 5.89. The molecule has 3 N–H and O–H groups in total. The largest absolute Gasteiger partial charge is 0.354 e. The van der Waals surface area contributed by atoms with Crippen molar-refractivity contribution < 1.29 is 9.59 Å². The van der Waals surface area contributed by atoms with Crippen molar-refractivity contribution in [2.24, 2.45) is 7.05 Å². The molecule has 9 heteroatoms. The molecular weight excluding hydrogens is 344 g/mol. The van der Waals surface area contributed by atoms with Crippen molar-refractivity contribution in [2.75, 3.05) is 12.4 Å². The van der Waals surface area contributed by atoms with E-state index in [9.17, 15) is 9.59 Å². The van der Waals surface area contributed by atoms with Crippen LogP contribution in [-0.4, -0.2) is 38.8 Å². The predicted octanol–water partition coefficient (Wildman–Crippen LogP) is 1.78. The Morgan fingerprint density at radius 1 is 1.44 bits per heavy atom. The Morgan fingerprint density at radius 3 is 3.00 bits per heavy atom. The maximum atomic E-state index is 12.2. The van der Waals surface area contributed by atoms with E-state index in [0.29, 0.717) is 27.8 Å². The fourth-order valence-corrected chi connectivity index (χ4v) is 3.60. The fourth-order valence-electron chi connectivity index (χ4n) is 3.33. The Bertz CT molecular complexity index is 1020. The van der Waals surface area contributed by atoms with Crippen molar-refractivity contribution in [2.45, 2.75) is 12.3 Å². The number of aromatic amines is 1. The van der Waals surface area contributed by atoms with Crippen LogP contribution in [0.1, 0.15) is 34.1 Å². The maximum Gasteiger partial charge on any atom is 0.269 e. The van der Waals surface area contributed by atoms with Gasteiger partial charge >= 0.3 is 0 Å². The first-order valence-corrected chi connectivity index (χ1v) is 8.10. The topological polar surface area (TPSA) is 105 Å². The Hall–Kier alpha value is -2.87. The van der Waals surface area contributed by atoms with Crippen LogP contribution in [-0.2, 0) is 11.8 Å². The molecule has 1 aliphatic rings. The minimum Gasteiger partial charge on any atom is -0.354 e. The number of anilines is 1. The van der Waals surface area contributed by atoms with Crippen LogP contribution in [0.25, 0.3) is 10.9 Å². The molecule has 0 bridgehead atoms. The molecule has 0 saturated carbocycles. The van der Waals surface area contributed by atoms with Gasteiger partial charge in [0, 0.05) is 37.4 Å². The number of hydrogen-bond acceptors (Lipinski definition) is 4. The number of amides is 2. The summed E-state index contributed by atoms with van der Waals surface area (Å²) in [5, 5.41) is 18.0. The average molecular weight is 359 g/mol. The molecule has 0 fully saturated rings. The third-order valence-corrected chi connectivity index (χ3v) is 4.75. The van der Waals surface area contributed by atoms with E-state index in [2.05, 4.69) is 25.9 Å². The highest BCUT2D eigenvalue weighted by atomic mass is 35.5. The summed E-state index contributed by atoms with van der Waals surface area (Å²) in [5.74, 6) is -0.552. The summed E-state index contributed by atoms with van der Waals surface area (Å²) in [6.45, 7) is 0. The highest BCUT2D eigenvalue weighted by Crippen LogP contribution is 2.41. The molecule has 1 atom stereocenters. The molecule has 0 radical (unpaired) electrons. The number of halogens is 1. The van der Waals surface area contributed by atoms with Crippen LogP contribution in [0.4, 0.5) is 5.82 Å². The number of rotatable bonds is 2. The number of H-pyrrole nitrogens is 1. The quantitative estimate of drug-likeness (QED) is 0.649. The first kappa shape index (κ1) is 15.6. The molecule has 3 heterocycles. The maximum absolute atomic E-state index is 12.2.